The van der Waals surface area contributed by atoms with Crippen molar-refractivity contribution in [3.63, 3.8) is 0 Å². The van der Waals surface area contributed by atoms with Crippen LogP contribution < -0.4 is 16.0 Å². The van der Waals surface area contributed by atoms with Crippen LogP contribution in [0.15, 0.2) is 42.5 Å². The minimum atomic E-state index is -1.08. The fourth-order valence-corrected chi connectivity index (χ4v) is 6.74. The van der Waals surface area contributed by atoms with Crippen LogP contribution in [0.2, 0.25) is 0 Å². The van der Waals surface area contributed by atoms with Gasteiger partial charge in [0.2, 0.25) is 5.91 Å². The van der Waals surface area contributed by atoms with Gasteiger partial charge in [0.05, 0.1) is 18.8 Å². The third-order valence-corrected chi connectivity index (χ3v) is 9.19. The molecule has 0 aliphatic carbocycles. The molecule has 0 radical (unpaired) electrons. The predicted octanol–water partition coefficient (Wildman–Crippen LogP) is 6.53. The maximum atomic E-state index is 13.2. The van der Waals surface area contributed by atoms with Crippen molar-refractivity contribution in [2.75, 3.05) is 19.8 Å². The molecule has 3 amide bonds. The molecular formula is C39H57N3O9. The lowest BCUT2D eigenvalue weighted by Gasteiger charge is -2.47. The molecule has 1 spiro atoms. The largest absolute Gasteiger partial charge is 0.464 e. The van der Waals surface area contributed by atoms with E-state index in [0.717, 1.165) is 29.2 Å². The highest BCUT2D eigenvalue weighted by Crippen LogP contribution is 2.41. The van der Waals surface area contributed by atoms with E-state index < -0.39 is 48.3 Å². The van der Waals surface area contributed by atoms with E-state index in [2.05, 4.69) is 29.8 Å². The minimum absolute atomic E-state index is 0.0633. The highest BCUT2D eigenvalue weighted by Gasteiger charge is 2.47. The summed E-state index contributed by atoms with van der Waals surface area (Å²) in [6, 6.07) is 13.2. The lowest BCUT2D eigenvalue weighted by atomic mass is 9.90. The Labute approximate surface area is 302 Å². The van der Waals surface area contributed by atoms with E-state index in [1.54, 1.807) is 6.92 Å². The molecule has 5 atom stereocenters. The molecule has 0 aromatic heterocycles. The van der Waals surface area contributed by atoms with E-state index >= 15 is 0 Å². The van der Waals surface area contributed by atoms with Crippen LogP contribution in [0.5, 0.6) is 0 Å². The van der Waals surface area contributed by atoms with E-state index in [1.807, 2.05) is 56.3 Å². The number of carbonyl (C=O) groups is 4. The number of fused-ring (bicyclic) bond motifs is 1. The molecule has 282 valence electrons. The molecular weight excluding hydrogens is 654 g/mol. The number of alkyl carbamates (subject to hydrolysis) is 2. The van der Waals surface area contributed by atoms with Crippen molar-refractivity contribution in [3.8, 4) is 0 Å². The molecule has 0 saturated carbocycles. The molecule has 3 N–H and O–H groups in total. The normalized spacial score (nSPS) is 22.4. The summed E-state index contributed by atoms with van der Waals surface area (Å²) in [5.41, 5.74) is 0.975. The second kappa shape index (κ2) is 19.6. The van der Waals surface area contributed by atoms with Gasteiger partial charge in [-0.25, -0.2) is 14.4 Å². The maximum absolute atomic E-state index is 13.2. The second-order valence-corrected chi connectivity index (χ2v) is 14.5. The Morgan fingerprint density at radius 1 is 0.922 bits per heavy atom. The number of hydrogen-bond acceptors (Lipinski definition) is 9. The van der Waals surface area contributed by atoms with Crippen molar-refractivity contribution in [1.82, 2.24) is 16.0 Å². The van der Waals surface area contributed by atoms with Crippen LogP contribution in [0.1, 0.15) is 98.0 Å². The molecule has 2 aliphatic heterocycles. The predicted molar refractivity (Wildman–Crippen MR) is 193 cm³/mol. The monoisotopic (exact) mass is 711 g/mol. The van der Waals surface area contributed by atoms with Gasteiger partial charge in [0.1, 0.15) is 18.8 Å². The SMILES string of the molecule is CCOC(=O)[C@H](CC(C)C)NC(=O)CC[C@@H]1C[C@@H](OC(=O)NCc2cccc3ccccc23)C[C@@]2(CCC[C@H](COC(=O)NCCC(C)C)O2)O1. The van der Waals surface area contributed by atoms with E-state index in [1.165, 1.54) is 0 Å². The van der Waals surface area contributed by atoms with Crippen molar-refractivity contribution in [3.05, 3.63) is 48.0 Å². The minimum Gasteiger partial charge on any atom is -0.464 e. The number of benzene rings is 2. The Morgan fingerprint density at radius 3 is 2.45 bits per heavy atom. The van der Waals surface area contributed by atoms with Crippen molar-refractivity contribution < 1.29 is 42.9 Å². The molecule has 12 nitrogen and oxygen atoms in total. The van der Waals surface area contributed by atoms with E-state index in [-0.39, 0.29) is 31.5 Å². The Kier molecular flexibility index (Phi) is 15.4. The molecule has 2 fully saturated rings. The first-order valence-electron chi connectivity index (χ1n) is 18.6. The second-order valence-electron chi connectivity index (χ2n) is 14.5. The van der Waals surface area contributed by atoms with Gasteiger partial charge >= 0.3 is 18.2 Å². The van der Waals surface area contributed by atoms with Crippen molar-refractivity contribution in [2.24, 2.45) is 11.8 Å². The third-order valence-electron chi connectivity index (χ3n) is 9.19. The van der Waals surface area contributed by atoms with Crippen LogP contribution in [0, 0.1) is 11.8 Å². The van der Waals surface area contributed by atoms with Crippen molar-refractivity contribution in [2.45, 2.75) is 129 Å². The standard InChI is InChI=1S/C39H57N3O9/c1-6-47-36(44)34(21-27(4)5)42-35(43)17-16-30-22-32(49-38(46)41-24-29-13-9-12-28-11-7-8-15-33(28)29)23-39(50-30)19-10-14-31(51-39)25-48-37(45)40-20-18-26(2)3/h7-9,11-13,15,26-27,30-32,34H,6,10,14,16-25H2,1-5H3,(H,40,45)(H,41,46)(H,42,43)/t30-,31-,32-,34+,39+/m1/s1. The van der Waals surface area contributed by atoms with Gasteiger partial charge in [0.15, 0.2) is 5.79 Å². The summed E-state index contributed by atoms with van der Waals surface area (Å²) < 4.78 is 29.7. The summed E-state index contributed by atoms with van der Waals surface area (Å²) >= 11 is 0. The van der Waals surface area contributed by atoms with Gasteiger partial charge in [-0.2, -0.15) is 0 Å². The summed E-state index contributed by atoms with van der Waals surface area (Å²) in [6.07, 6.45) is 1.93. The van der Waals surface area contributed by atoms with E-state index in [0.29, 0.717) is 57.5 Å². The summed E-state index contributed by atoms with van der Waals surface area (Å²) in [6.45, 7) is 11.0. The average molecular weight is 712 g/mol. The van der Waals surface area contributed by atoms with Crippen LogP contribution in [0.3, 0.4) is 0 Å². The first kappa shape index (κ1) is 39.9. The van der Waals surface area contributed by atoms with Crippen LogP contribution in [-0.4, -0.2) is 74.0 Å². The van der Waals surface area contributed by atoms with E-state index in [9.17, 15) is 19.2 Å². The zero-order valence-corrected chi connectivity index (χ0v) is 30.9. The molecule has 2 saturated heterocycles. The number of nitrogens with one attached hydrogen (secondary N) is 3. The van der Waals surface area contributed by atoms with Crippen molar-refractivity contribution in [1.29, 1.82) is 0 Å². The molecule has 2 aromatic rings. The maximum Gasteiger partial charge on any atom is 0.407 e. The number of ether oxygens (including phenoxy) is 5. The summed E-state index contributed by atoms with van der Waals surface area (Å²) in [5.74, 6) is -1.18. The molecule has 2 aliphatic rings. The highest BCUT2D eigenvalue weighted by atomic mass is 16.7. The van der Waals surface area contributed by atoms with Gasteiger partial charge < -0.3 is 39.6 Å². The van der Waals surface area contributed by atoms with Gasteiger partial charge in [0.25, 0.3) is 0 Å². The zero-order chi connectivity index (χ0) is 36.8. The average Bonchev–Trinajstić information content (AvgIpc) is 3.08. The third kappa shape index (κ3) is 13.0. The quantitative estimate of drug-likeness (QED) is 0.131. The van der Waals surface area contributed by atoms with Gasteiger partial charge in [-0.05, 0) is 67.2 Å². The summed E-state index contributed by atoms with van der Waals surface area (Å²) in [4.78, 5) is 51.1. The number of esters is 1. The highest BCUT2D eigenvalue weighted by molar-refractivity contribution is 5.86. The van der Waals surface area contributed by atoms with Gasteiger partial charge in [-0.1, -0.05) is 70.2 Å². The lowest BCUT2D eigenvalue weighted by molar-refractivity contribution is -0.329. The summed E-state index contributed by atoms with van der Waals surface area (Å²) in [5, 5.41) is 10.7. The smallest absolute Gasteiger partial charge is 0.407 e. The molecule has 4 rings (SSSR count). The molecule has 0 bridgehead atoms. The Balaban J connectivity index is 1.40. The molecule has 12 heteroatoms. The van der Waals surface area contributed by atoms with Gasteiger partial charge in [-0.15, -0.1) is 0 Å². The molecule has 0 unspecified atom stereocenters. The lowest BCUT2D eigenvalue weighted by Crippen LogP contribution is -2.54. The zero-order valence-electron chi connectivity index (χ0n) is 30.9. The Morgan fingerprint density at radius 2 is 1.69 bits per heavy atom. The first-order chi connectivity index (χ1) is 24.4. The van der Waals surface area contributed by atoms with Crippen LogP contribution >= 0.6 is 0 Å². The molecule has 2 aromatic carbocycles. The fraction of sp³-hybridized carbons (Fsp3) is 0.641. The van der Waals surface area contributed by atoms with Crippen LogP contribution in [0.4, 0.5) is 9.59 Å². The molecule has 51 heavy (non-hydrogen) atoms. The van der Waals surface area contributed by atoms with Gasteiger partial charge in [0, 0.05) is 38.8 Å². The number of amides is 3. The fourth-order valence-electron chi connectivity index (χ4n) is 6.74. The topological polar surface area (TPSA) is 151 Å². The van der Waals surface area contributed by atoms with Crippen molar-refractivity contribution >= 4 is 34.8 Å². The Bertz CT molecular complexity index is 1440. The van der Waals surface area contributed by atoms with Crippen LogP contribution in [-0.2, 0) is 39.8 Å². The van der Waals surface area contributed by atoms with E-state index in [4.69, 9.17) is 23.7 Å². The molecule has 2 heterocycles. The summed E-state index contributed by atoms with van der Waals surface area (Å²) in [7, 11) is 0. The van der Waals surface area contributed by atoms with Crippen LogP contribution in [0.25, 0.3) is 10.8 Å². The van der Waals surface area contributed by atoms with Gasteiger partial charge in [-0.3, -0.25) is 4.79 Å². The number of rotatable bonds is 16. The number of carbonyl (C=O) groups excluding carboxylic acids is 4. The first-order valence-corrected chi connectivity index (χ1v) is 18.6. The number of hydrogen-bond donors (Lipinski definition) is 3. The Hall–Kier alpha value is -3.90.